The van der Waals surface area contributed by atoms with Gasteiger partial charge in [-0.05, 0) is 11.6 Å². The number of aryl methyl sites for hydroxylation is 1. The first-order chi connectivity index (χ1) is 10.3. The summed E-state index contributed by atoms with van der Waals surface area (Å²) in [5.41, 5.74) is 3.47. The molecule has 0 saturated heterocycles. The third-order valence-electron chi connectivity index (χ3n) is 3.82. The van der Waals surface area contributed by atoms with E-state index < -0.39 is 0 Å². The molecule has 0 spiro atoms. The minimum absolute atomic E-state index is 0.300. The van der Waals surface area contributed by atoms with Gasteiger partial charge in [0.15, 0.2) is 0 Å². The number of hydrogen-bond acceptors (Lipinski definition) is 2. The van der Waals surface area contributed by atoms with E-state index in [9.17, 15) is 4.39 Å². The Morgan fingerprint density at radius 1 is 1.14 bits per heavy atom. The van der Waals surface area contributed by atoms with Crippen molar-refractivity contribution in [2.45, 2.75) is 13.0 Å². The van der Waals surface area contributed by atoms with Crippen molar-refractivity contribution in [3.8, 4) is 22.6 Å². The van der Waals surface area contributed by atoms with Gasteiger partial charge in [0.2, 0.25) is 0 Å². The molecule has 3 aromatic rings. The maximum absolute atomic E-state index is 14.2. The molecule has 0 aliphatic carbocycles. The Bertz CT molecular complexity index is 827. The molecule has 21 heavy (non-hydrogen) atoms. The summed E-state index contributed by atoms with van der Waals surface area (Å²) in [4.78, 5) is 8.65. The standard InChI is InChI=1S/C16H11BFN3/c17-15-14(10-4-2-1-3-5-10)21-9-7-12-13(16(21)20-15)11(18)6-8-19-12/h1-6,8H,7,9H2. The smallest absolute Gasteiger partial charge is 0.144 e. The Labute approximate surface area is 122 Å². The van der Waals surface area contributed by atoms with Crippen LogP contribution in [-0.2, 0) is 13.0 Å². The Hall–Kier alpha value is -2.43. The van der Waals surface area contributed by atoms with Crippen molar-refractivity contribution in [2.24, 2.45) is 0 Å². The summed E-state index contributed by atoms with van der Waals surface area (Å²) < 4.78 is 16.1. The summed E-state index contributed by atoms with van der Waals surface area (Å²) in [5.74, 6) is 0.267. The summed E-state index contributed by atoms with van der Waals surface area (Å²) in [6.45, 7) is 0.702. The van der Waals surface area contributed by atoms with Gasteiger partial charge in [-0.15, -0.1) is 0 Å². The second-order valence-corrected chi connectivity index (χ2v) is 5.05. The lowest BCUT2D eigenvalue weighted by Gasteiger charge is -2.19. The lowest BCUT2D eigenvalue weighted by molar-refractivity contribution is 0.604. The number of hydrogen-bond donors (Lipinski definition) is 0. The van der Waals surface area contributed by atoms with Crippen LogP contribution in [0.5, 0.6) is 0 Å². The van der Waals surface area contributed by atoms with Crippen LogP contribution < -0.4 is 5.59 Å². The first-order valence-corrected chi connectivity index (χ1v) is 6.81. The minimum atomic E-state index is -0.300. The summed E-state index contributed by atoms with van der Waals surface area (Å²) in [5, 5.41) is 0. The maximum atomic E-state index is 14.2. The molecule has 0 N–H and O–H groups in total. The van der Waals surface area contributed by atoms with Gasteiger partial charge in [-0.3, -0.25) is 4.98 Å². The number of nitrogens with zero attached hydrogens (tertiary/aromatic N) is 3. The number of pyridine rings is 1. The molecule has 0 saturated carbocycles. The van der Waals surface area contributed by atoms with E-state index in [4.69, 9.17) is 7.85 Å². The van der Waals surface area contributed by atoms with E-state index in [1.807, 2.05) is 34.9 Å². The van der Waals surface area contributed by atoms with E-state index in [1.54, 1.807) is 0 Å². The molecule has 2 aromatic heterocycles. The van der Waals surface area contributed by atoms with E-state index in [2.05, 4.69) is 9.97 Å². The fraction of sp³-hybridized carbons (Fsp3) is 0.125. The molecule has 2 radical (unpaired) electrons. The van der Waals surface area contributed by atoms with E-state index >= 15 is 0 Å². The second kappa shape index (κ2) is 4.55. The molecule has 0 atom stereocenters. The monoisotopic (exact) mass is 275 g/mol. The number of fused-ring (bicyclic) bond motifs is 3. The third-order valence-corrected chi connectivity index (χ3v) is 3.82. The highest BCUT2D eigenvalue weighted by molar-refractivity contribution is 6.34. The molecule has 100 valence electrons. The largest absolute Gasteiger partial charge is 0.324 e. The zero-order valence-corrected chi connectivity index (χ0v) is 11.3. The van der Waals surface area contributed by atoms with E-state index in [-0.39, 0.29) is 5.82 Å². The zero-order valence-electron chi connectivity index (χ0n) is 11.3. The normalized spacial score (nSPS) is 12.8. The molecule has 0 amide bonds. The lowest BCUT2D eigenvalue weighted by Crippen LogP contribution is -2.15. The van der Waals surface area contributed by atoms with Crippen LogP contribution in [0.1, 0.15) is 5.69 Å². The second-order valence-electron chi connectivity index (χ2n) is 5.05. The van der Waals surface area contributed by atoms with Gasteiger partial charge in [0, 0.05) is 24.8 Å². The first kappa shape index (κ1) is 12.3. The molecule has 3 nitrogen and oxygen atoms in total. The van der Waals surface area contributed by atoms with Gasteiger partial charge < -0.3 is 4.57 Å². The van der Waals surface area contributed by atoms with E-state index in [1.165, 1.54) is 12.3 Å². The minimum Gasteiger partial charge on any atom is -0.324 e. The highest BCUT2D eigenvalue weighted by atomic mass is 19.1. The maximum Gasteiger partial charge on any atom is 0.144 e. The molecule has 5 heteroatoms. The van der Waals surface area contributed by atoms with Crippen LogP contribution in [0.15, 0.2) is 42.6 Å². The number of imidazole rings is 1. The van der Waals surface area contributed by atoms with Crippen molar-refractivity contribution >= 4 is 13.4 Å². The molecule has 0 unspecified atom stereocenters. The highest BCUT2D eigenvalue weighted by Crippen LogP contribution is 2.32. The van der Waals surface area contributed by atoms with Crippen LogP contribution in [0.2, 0.25) is 0 Å². The third kappa shape index (κ3) is 1.81. The predicted molar refractivity (Wildman–Crippen MR) is 79.9 cm³/mol. The zero-order chi connectivity index (χ0) is 14.4. The van der Waals surface area contributed by atoms with Crippen LogP contribution in [0, 0.1) is 5.82 Å². The Morgan fingerprint density at radius 2 is 1.95 bits per heavy atom. The molecule has 0 fully saturated rings. The molecule has 1 aliphatic rings. The van der Waals surface area contributed by atoms with Crippen LogP contribution in [0.3, 0.4) is 0 Å². The Morgan fingerprint density at radius 3 is 2.76 bits per heavy atom. The molecule has 3 heterocycles. The van der Waals surface area contributed by atoms with Crippen molar-refractivity contribution in [2.75, 3.05) is 0 Å². The highest BCUT2D eigenvalue weighted by Gasteiger charge is 2.25. The van der Waals surface area contributed by atoms with Crippen LogP contribution in [-0.4, -0.2) is 22.4 Å². The number of halogens is 1. The van der Waals surface area contributed by atoms with Crippen molar-refractivity contribution in [3.05, 3.63) is 54.1 Å². The van der Waals surface area contributed by atoms with Crippen molar-refractivity contribution in [1.82, 2.24) is 14.5 Å². The van der Waals surface area contributed by atoms with E-state index in [0.29, 0.717) is 29.9 Å². The van der Waals surface area contributed by atoms with Gasteiger partial charge in [-0.25, -0.2) is 9.37 Å². The van der Waals surface area contributed by atoms with Crippen molar-refractivity contribution < 1.29 is 4.39 Å². The average molecular weight is 275 g/mol. The molecule has 4 rings (SSSR count). The lowest BCUT2D eigenvalue weighted by atomic mass is 9.97. The van der Waals surface area contributed by atoms with Gasteiger partial charge in [0.25, 0.3) is 0 Å². The summed E-state index contributed by atoms with van der Waals surface area (Å²) in [7, 11) is 6.09. The summed E-state index contributed by atoms with van der Waals surface area (Å²) in [6, 6.07) is 11.2. The fourth-order valence-corrected chi connectivity index (χ4v) is 2.90. The topological polar surface area (TPSA) is 30.7 Å². The first-order valence-electron chi connectivity index (χ1n) is 6.81. The number of rotatable bonds is 1. The fourth-order valence-electron chi connectivity index (χ4n) is 2.90. The van der Waals surface area contributed by atoms with E-state index in [0.717, 1.165) is 17.0 Å². The molecule has 1 aliphatic heterocycles. The quantitative estimate of drug-likeness (QED) is 0.637. The van der Waals surface area contributed by atoms with Crippen LogP contribution >= 0.6 is 0 Å². The van der Waals surface area contributed by atoms with Gasteiger partial charge >= 0.3 is 0 Å². The molecule has 1 aromatic carbocycles. The van der Waals surface area contributed by atoms with Gasteiger partial charge in [-0.1, -0.05) is 30.3 Å². The molecule has 0 bridgehead atoms. The van der Waals surface area contributed by atoms with Crippen LogP contribution in [0.25, 0.3) is 22.6 Å². The Balaban J connectivity index is 1.99. The number of benzene rings is 1. The van der Waals surface area contributed by atoms with Gasteiger partial charge in [-0.2, -0.15) is 0 Å². The average Bonchev–Trinajstić information content (AvgIpc) is 2.84. The summed E-state index contributed by atoms with van der Waals surface area (Å²) in [6.07, 6.45) is 2.17. The van der Waals surface area contributed by atoms with Gasteiger partial charge in [0.1, 0.15) is 19.5 Å². The molecular formula is C16H11BFN3. The Kier molecular flexibility index (Phi) is 2.67. The number of aromatic nitrogens is 3. The predicted octanol–water partition coefficient (Wildman–Crippen LogP) is 2.10. The van der Waals surface area contributed by atoms with Crippen molar-refractivity contribution in [1.29, 1.82) is 0 Å². The van der Waals surface area contributed by atoms with Gasteiger partial charge in [0.05, 0.1) is 17.0 Å². The SMILES string of the molecule is [B]c1nc2n(c1-c1ccccc1)CCc1nccc(F)c1-2. The summed E-state index contributed by atoms with van der Waals surface area (Å²) >= 11 is 0. The van der Waals surface area contributed by atoms with Crippen molar-refractivity contribution in [3.63, 3.8) is 0 Å². The molecular weight excluding hydrogens is 264 g/mol. The van der Waals surface area contributed by atoms with Crippen LogP contribution in [0.4, 0.5) is 4.39 Å².